The maximum atomic E-state index is 13.8. The molecule has 0 N–H and O–H groups in total. The van der Waals surface area contributed by atoms with Gasteiger partial charge in [-0.2, -0.15) is 0 Å². The topological polar surface area (TPSA) is 87.5 Å². The van der Waals surface area contributed by atoms with Gasteiger partial charge >= 0.3 is 6.09 Å². The molecular weight excluding hydrogens is 510 g/mol. The molecule has 9 nitrogen and oxygen atoms in total. The van der Waals surface area contributed by atoms with Crippen LogP contribution in [-0.2, 0) is 9.53 Å². The number of anilines is 1. The number of hydrogen-bond acceptors (Lipinski definition) is 8. The minimum Gasteiger partial charge on any atom is -0.450 e. The van der Waals surface area contributed by atoms with Crippen molar-refractivity contribution in [2.24, 2.45) is 0 Å². The lowest BCUT2D eigenvalue weighted by molar-refractivity contribution is -0.124. The molecule has 0 unspecified atom stereocenters. The van der Waals surface area contributed by atoms with E-state index in [2.05, 4.69) is 0 Å². The number of amides is 2. The molecule has 37 heavy (non-hydrogen) atoms. The molecule has 0 bridgehead atoms. The predicted octanol–water partition coefficient (Wildman–Crippen LogP) is 3.82. The molecule has 5 rings (SSSR count). The summed E-state index contributed by atoms with van der Waals surface area (Å²) in [5.41, 5.74) is 1.59. The molecule has 3 aliphatic rings. The van der Waals surface area contributed by atoms with Crippen LogP contribution in [0.25, 0.3) is 11.7 Å². The fraction of sp³-hybridized carbons (Fsp3) is 0.500. The summed E-state index contributed by atoms with van der Waals surface area (Å²) in [6, 6.07) is 3.86. The lowest BCUT2D eigenvalue weighted by atomic mass is 9.94. The fourth-order valence-electron chi connectivity index (χ4n) is 5.19. The quantitative estimate of drug-likeness (QED) is 0.427. The number of thioether (sulfide) groups is 1. The summed E-state index contributed by atoms with van der Waals surface area (Å²) in [5, 5.41) is 0. The van der Waals surface area contributed by atoms with Gasteiger partial charge in [-0.25, -0.2) is 9.78 Å². The second-order valence-corrected chi connectivity index (χ2v) is 11.3. The number of aryl methyl sites for hydroxylation is 1. The first kappa shape index (κ1) is 25.7. The molecule has 2 saturated heterocycles. The number of pyridine rings is 1. The van der Waals surface area contributed by atoms with Crippen LogP contribution < -0.4 is 10.5 Å². The molecule has 2 aliphatic heterocycles. The van der Waals surface area contributed by atoms with Gasteiger partial charge in [0.1, 0.15) is 15.8 Å². The van der Waals surface area contributed by atoms with Gasteiger partial charge in [-0.1, -0.05) is 49.3 Å². The third-order valence-electron chi connectivity index (χ3n) is 7.13. The van der Waals surface area contributed by atoms with Crippen molar-refractivity contribution in [3.63, 3.8) is 0 Å². The monoisotopic (exact) mass is 541 g/mol. The van der Waals surface area contributed by atoms with Crippen LogP contribution in [0.5, 0.6) is 0 Å². The third kappa shape index (κ3) is 5.11. The highest BCUT2D eigenvalue weighted by atomic mass is 32.2. The highest BCUT2D eigenvalue weighted by Gasteiger charge is 2.38. The molecule has 0 radical (unpaired) electrons. The van der Waals surface area contributed by atoms with Crippen molar-refractivity contribution in [1.82, 2.24) is 19.2 Å². The molecule has 1 saturated carbocycles. The highest BCUT2D eigenvalue weighted by Crippen LogP contribution is 2.37. The molecule has 11 heteroatoms. The zero-order valence-electron chi connectivity index (χ0n) is 21.1. The Labute approximate surface area is 225 Å². The summed E-state index contributed by atoms with van der Waals surface area (Å²) in [7, 11) is 0. The molecule has 196 valence electrons. The zero-order valence-corrected chi connectivity index (χ0v) is 22.8. The Morgan fingerprint density at radius 3 is 2.59 bits per heavy atom. The minimum atomic E-state index is -0.337. The Balaban J connectivity index is 1.52. The average Bonchev–Trinajstić information content (AvgIpc) is 3.19. The maximum absolute atomic E-state index is 13.8. The van der Waals surface area contributed by atoms with Crippen LogP contribution in [0.3, 0.4) is 0 Å². The van der Waals surface area contributed by atoms with Gasteiger partial charge < -0.3 is 14.5 Å². The van der Waals surface area contributed by atoms with Crippen LogP contribution in [-0.4, -0.2) is 74.3 Å². The SMILES string of the molecule is CCOC(=O)N1CCN(c2nc3ccc(C)cn3c(=O)c2C=C2SC(=S)N(C3CCCCC3)C2=O)CC1. The Bertz CT molecular complexity index is 1330. The molecule has 2 amide bonds. The van der Waals surface area contributed by atoms with Crippen molar-refractivity contribution in [1.29, 1.82) is 0 Å². The van der Waals surface area contributed by atoms with Crippen molar-refractivity contribution in [2.75, 3.05) is 37.7 Å². The highest BCUT2D eigenvalue weighted by molar-refractivity contribution is 8.26. The van der Waals surface area contributed by atoms with Gasteiger partial charge in [-0.05, 0) is 44.4 Å². The Morgan fingerprint density at radius 2 is 1.89 bits per heavy atom. The first-order valence-electron chi connectivity index (χ1n) is 12.8. The number of carbonyl (C=O) groups is 2. The molecule has 0 spiro atoms. The summed E-state index contributed by atoms with van der Waals surface area (Å²) in [6.07, 6.45) is 8.38. The Hall–Kier alpha value is -2.92. The van der Waals surface area contributed by atoms with Crippen LogP contribution >= 0.6 is 24.0 Å². The number of nitrogens with zero attached hydrogens (tertiary/aromatic N) is 5. The van der Waals surface area contributed by atoms with Crippen molar-refractivity contribution < 1.29 is 14.3 Å². The predicted molar refractivity (Wildman–Crippen MR) is 149 cm³/mol. The van der Waals surface area contributed by atoms with Crippen LogP contribution in [0.4, 0.5) is 10.6 Å². The van der Waals surface area contributed by atoms with Crippen LogP contribution in [0, 0.1) is 6.92 Å². The van der Waals surface area contributed by atoms with Gasteiger partial charge in [0.05, 0.1) is 17.1 Å². The van der Waals surface area contributed by atoms with Crippen molar-refractivity contribution in [2.45, 2.75) is 52.0 Å². The normalized spacial score (nSPS) is 20.4. The van der Waals surface area contributed by atoms with Crippen LogP contribution in [0.2, 0.25) is 0 Å². The second kappa shape index (κ2) is 10.8. The Morgan fingerprint density at radius 1 is 1.16 bits per heavy atom. The van der Waals surface area contributed by atoms with Crippen molar-refractivity contribution in [3.8, 4) is 0 Å². The van der Waals surface area contributed by atoms with E-state index in [1.165, 1.54) is 22.6 Å². The van der Waals surface area contributed by atoms with Gasteiger partial charge in [0, 0.05) is 38.4 Å². The summed E-state index contributed by atoms with van der Waals surface area (Å²) in [4.78, 5) is 50.1. The largest absolute Gasteiger partial charge is 0.450 e. The van der Waals surface area contributed by atoms with Gasteiger partial charge in [0.25, 0.3) is 11.5 Å². The van der Waals surface area contributed by atoms with Gasteiger partial charge in [0.2, 0.25) is 0 Å². The molecule has 2 aromatic heterocycles. The van der Waals surface area contributed by atoms with E-state index in [-0.39, 0.29) is 23.6 Å². The number of thiocarbonyl (C=S) groups is 1. The van der Waals surface area contributed by atoms with E-state index in [1.54, 1.807) is 29.0 Å². The lowest BCUT2D eigenvalue weighted by Gasteiger charge is -2.35. The van der Waals surface area contributed by atoms with E-state index in [0.717, 1.165) is 31.2 Å². The van der Waals surface area contributed by atoms with E-state index in [1.807, 2.05) is 24.0 Å². The van der Waals surface area contributed by atoms with E-state index < -0.39 is 0 Å². The first-order valence-corrected chi connectivity index (χ1v) is 14.1. The van der Waals surface area contributed by atoms with Crippen molar-refractivity contribution in [3.05, 3.63) is 44.7 Å². The molecule has 3 fully saturated rings. The third-order valence-corrected chi connectivity index (χ3v) is 8.46. The summed E-state index contributed by atoms with van der Waals surface area (Å²) in [5.74, 6) is 0.383. The van der Waals surface area contributed by atoms with Gasteiger partial charge in [-0.3, -0.25) is 18.9 Å². The molecule has 4 heterocycles. The van der Waals surface area contributed by atoms with E-state index in [9.17, 15) is 14.4 Å². The average molecular weight is 542 g/mol. The number of hydrogen-bond donors (Lipinski definition) is 0. The zero-order chi connectivity index (χ0) is 26.1. The van der Waals surface area contributed by atoms with E-state index >= 15 is 0 Å². The van der Waals surface area contributed by atoms with E-state index in [0.29, 0.717) is 59.0 Å². The van der Waals surface area contributed by atoms with Gasteiger partial charge in [0.15, 0.2) is 0 Å². The van der Waals surface area contributed by atoms with Gasteiger partial charge in [-0.15, -0.1) is 0 Å². The fourth-order valence-corrected chi connectivity index (χ4v) is 6.58. The van der Waals surface area contributed by atoms with Crippen LogP contribution in [0.1, 0.15) is 50.2 Å². The molecule has 0 atom stereocenters. The number of ether oxygens (including phenoxy) is 1. The number of piperazine rings is 1. The summed E-state index contributed by atoms with van der Waals surface area (Å²) >= 11 is 6.86. The number of aromatic nitrogens is 2. The summed E-state index contributed by atoms with van der Waals surface area (Å²) in [6.45, 7) is 5.93. The number of rotatable bonds is 4. The lowest BCUT2D eigenvalue weighted by Crippen LogP contribution is -2.49. The van der Waals surface area contributed by atoms with E-state index in [4.69, 9.17) is 21.9 Å². The number of carbonyl (C=O) groups excluding carboxylic acids is 2. The molecule has 1 aliphatic carbocycles. The minimum absolute atomic E-state index is 0.126. The molecule has 2 aromatic rings. The Kier molecular flexibility index (Phi) is 7.52. The standard InChI is InChI=1S/C26H31N5O4S2/c1-3-35-25(34)29-13-11-28(12-14-29)22-19(23(32)30-16-17(2)9-10-21(30)27-22)15-20-24(33)31(26(36)37-20)18-7-5-4-6-8-18/h9-10,15-16,18H,3-8,11-14H2,1-2H3. The number of fused-ring (bicyclic) bond motifs is 1. The summed E-state index contributed by atoms with van der Waals surface area (Å²) < 4.78 is 7.22. The van der Waals surface area contributed by atoms with Crippen LogP contribution in [0.15, 0.2) is 28.0 Å². The first-order chi connectivity index (χ1) is 17.9. The maximum Gasteiger partial charge on any atom is 0.409 e. The molecule has 0 aromatic carbocycles. The second-order valence-electron chi connectivity index (χ2n) is 9.61. The smallest absolute Gasteiger partial charge is 0.409 e. The van der Waals surface area contributed by atoms with Crippen molar-refractivity contribution >= 4 is 57.8 Å². The molecular formula is C26H31N5O4S2.